The van der Waals surface area contributed by atoms with Gasteiger partial charge in [-0.3, -0.25) is 4.79 Å². The van der Waals surface area contributed by atoms with Crippen LogP contribution in [0.1, 0.15) is 20.3 Å². The van der Waals surface area contributed by atoms with E-state index >= 15 is 0 Å². The molecule has 0 aromatic carbocycles. The maximum Gasteiger partial charge on any atom is 0.159 e. The number of Topliss-reactive ketones (excluding diaryl/α,β-unsaturated/α-hetero) is 1. The van der Waals surface area contributed by atoms with E-state index in [9.17, 15) is 9.90 Å². The second kappa shape index (κ2) is 5.32. The van der Waals surface area contributed by atoms with Gasteiger partial charge >= 0.3 is 0 Å². The van der Waals surface area contributed by atoms with Crippen LogP contribution in [0.25, 0.3) is 0 Å². The predicted molar refractivity (Wildman–Crippen MR) is 50.5 cm³/mol. The molecule has 4 heteroatoms. The third-order valence-electron chi connectivity index (χ3n) is 2.03. The van der Waals surface area contributed by atoms with Crippen molar-refractivity contribution < 1.29 is 15.0 Å². The molecule has 0 aromatic heterocycles. The molecular formula is C9H19NO3. The van der Waals surface area contributed by atoms with Crippen molar-refractivity contribution in [2.45, 2.75) is 38.5 Å². The van der Waals surface area contributed by atoms with Gasteiger partial charge in [-0.15, -0.1) is 0 Å². The summed E-state index contributed by atoms with van der Waals surface area (Å²) in [6, 6.07) is -0.308. The number of likely N-dealkylation sites (N-methyl/N-ethyl adjacent to an activating group) is 1. The molecule has 0 unspecified atom stereocenters. The molecule has 0 aromatic rings. The van der Waals surface area contributed by atoms with Crippen LogP contribution in [0.3, 0.4) is 0 Å². The van der Waals surface area contributed by atoms with E-state index in [0.29, 0.717) is 6.42 Å². The molecule has 0 amide bonds. The van der Waals surface area contributed by atoms with Crippen LogP contribution in [0.5, 0.6) is 0 Å². The number of carbonyl (C=O) groups excluding carboxylic acids is 1. The third kappa shape index (κ3) is 4.36. The number of aliphatic hydroxyl groups excluding tert-OH is 2. The second-order valence-corrected chi connectivity index (χ2v) is 3.67. The Morgan fingerprint density at radius 3 is 2.08 bits per heavy atom. The van der Waals surface area contributed by atoms with Gasteiger partial charge in [0.15, 0.2) is 5.78 Å². The van der Waals surface area contributed by atoms with Crippen molar-refractivity contribution in [2.24, 2.45) is 0 Å². The summed E-state index contributed by atoms with van der Waals surface area (Å²) in [6.45, 7) is 2.99. The van der Waals surface area contributed by atoms with Gasteiger partial charge < -0.3 is 15.1 Å². The lowest BCUT2D eigenvalue weighted by Crippen LogP contribution is -2.44. The molecule has 78 valence electrons. The summed E-state index contributed by atoms with van der Waals surface area (Å²) in [5.74, 6) is -0.264. The molecule has 3 atom stereocenters. The number of carbonyl (C=O) groups is 1. The van der Waals surface area contributed by atoms with Gasteiger partial charge in [0, 0.05) is 6.04 Å². The Bertz CT molecular complexity index is 168. The van der Waals surface area contributed by atoms with Gasteiger partial charge in [0.25, 0.3) is 0 Å². The highest BCUT2D eigenvalue weighted by molar-refractivity contribution is 5.80. The maximum atomic E-state index is 10.9. The molecule has 4 nitrogen and oxygen atoms in total. The lowest BCUT2D eigenvalue weighted by Gasteiger charge is -2.28. The Hall–Kier alpha value is -0.450. The Morgan fingerprint density at radius 2 is 1.85 bits per heavy atom. The van der Waals surface area contributed by atoms with Gasteiger partial charge in [-0.2, -0.15) is 0 Å². The van der Waals surface area contributed by atoms with Crippen molar-refractivity contribution in [3.05, 3.63) is 0 Å². The van der Waals surface area contributed by atoms with Crippen LogP contribution in [-0.2, 0) is 4.79 Å². The summed E-state index contributed by atoms with van der Waals surface area (Å²) in [6.07, 6.45) is -1.13. The highest BCUT2D eigenvalue weighted by Gasteiger charge is 2.25. The third-order valence-corrected chi connectivity index (χ3v) is 2.03. The van der Waals surface area contributed by atoms with Crippen molar-refractivity contribution >= 4 is 5.78 Å². The fourth-order valence-corrected chi connectivity index (χ4v) is 1.24. The summed E-state index contributed by atoms with van der Waals surface area (Å²) < 4.78 is 0. The predicted octanol–water partition coefficient (Wildman–Crippen LogP) is -0.363. The first-order chi connectivity index (χ1) is 5.86. The van der Waals surface area contributed by atoms with Crippen LogP contribution < -0.4 is 0 Å². The van der Waals surface area contributed by atoms with Crippen LogP contribution in [0.15, 0.2) is 0 Å². The lowest BCUT2D eigenvalue weighted by atomic mass is 10.0. The van der Waals surface area contributed by atoms with E-state index in [-0.39, 0.29) is 11.8 Å². The first-order valence-electron chi connectivity index (χ1n) is 4.39. The van der Waals surface area contributed by atoms with Crippen molar-refractivity contribution in [3.63, 3.8) is 0 Å². The average Bonchev–Trinajstić information content (AvgIpc) is 1.97. The number of nitrogens with zero attached hydrogens (tertiary/aromatic N) is 1. The van der Waals surface area contributed by atoms with Gasteiger partial charge in [0.1, 0.15) is 6.10 Å². The Balaban J connectivity index is 4.32. The normalized spacial score (nSPS) is 18.4. The molecule has 0 aliphatic heterocycles. The highest BCUT2D eigenvalue weighted by Crippen LogP contribution is 2.09. The van der Waals surface area contributed by atoms with Gasteiger partial charge in [-0.1, -0.05) is 0 Å². The fourth-order valence-electron chi connectivity index (χ4n) is 1.24. The van der Waals surface area contributed by atoms with E-state index < -0.39 is 12.2 Å². The number of hydrogen-bond acceptors (Lipinski definition) is 4. The van der Waals surface area contributed by atoms with Crippen LogP contribution in [-0.4, -0.2) is 53.2 Å². The van der Waals surface area contributed by atoms with Crippen molar-refractivity contribution in [1.82, 2.24) is 4.90 Å². The van der Waals surface area contributed by atoms with E-state index in [4.69, 9.17) is 5.11 Å². The summed E-state index contributed by atoms with van der Waals surface area (Å²) >= 11 is 0. The van der Waals surface area contributed by atoms with Crippen LogP contribution in [0, 0.1) is 0 Å². The molecule has 0 aliphatic carbocycles. The van der Waals surface area contributed by atoms with Gasteiger partial charge in [0.2, 0.25) is 0 Å². The number of rotatable bonds is 5. The Kier molecular flexibility index (Phi) is 5.13. The SMILES string of the molecule is CC(=O)[C@H](O)[C@H](C[C@@H](C)O)N(C)C. The molecule has 0 heterocycles. The van der Waals surface area contributed by atoms with Crippen molar-refractivity contribution in [2.75, 3.05) is 14.1 Å². The Labute approximate surface area is 79.2 Å². The molecule has 2 N–H and O–H groups in total. The highest BCUT2D eigenvalue weighted by atomic mass is 16.3. The fraction of sp³-hybridized carbons (Fsp3) is 0.889. The molecule has 0 bridgehead atoms. The molecule has 0 radical (unpaired) electrons. The van der Waals surface area contributed by atoms with E-state index in [2.05, 4.69) is 0 Å². The summed E-state index contributed by atoms with van der Waals surface area (Å²) in [5, 5.41) is 18.7. The first-order valence-corrected chi connectivity index (χ1v) is 4.39. The summed E-state index contributed by atoms with van der Waals surface area (Å²) in [7, 11) is 3.55. The maximum absolute atomic E-state index is 10.9. The molecular weight excluding hydrogens is 170 g/mol. The number of hydrogen-bond donors (Lipinski definition) is 2. The minimum atomic E-state index is -1.01. The molecule has 0 rings (SSSR count). The monoisotopic (exact) mass is 189 g/mol. The smallest absolute Gasteiger partial charge is 0.159 e. The lowest BCUT2D eigenvalue weighted by molar-refractivity contribution is -0.128. The van der Waals surface area contributed by atoms with Crippen LogP contribution >= 0.6 is 0 Å². The zero-order valence-electron chi connectivity index (χ0n) is 8.69. The molecule has 13 heavy (non-hydrogen) atoms. The quantitative estimate of drug-likeness (QED) is 0.620. The van der Waals surface area contributed by atoms with E-state index in [0.717, 1.165) is 0 Å². The van der Waals surface area contributed by atoms with Crippen molar-refractivity contribution in [1.29, 1.82) is 0 Å². The van der Waals surface area contributed by atoms with E-state index in [1.54, 1.807) is 25.9 Å². The molecule has 0 saturated carbocycles. The Morgan fingerprint density at radius 1 is 1.38 bits per heavy atom. The van der Waals surface area contributed by atoms with E-state index in [1.807, 2.05) is 0 Å². The summed E-state index contributed by atoms with van der Waals surface area (Å²) in [4.78, 5) is 12.7. The minimum absolute atomic E-state index is 0.264. The van der Waals surface area contributed by atoms with Crippen LogP contribution in [0.4, 0.5) is 0 Å². The molecule has 0 saturated heterocycles. The van der Waals surface area contributed by atoms with Gasteiger partial charge in [-0.05, 0) is 34.4 Å². The molecule has 0 fully saturated rings. The van der Waals surface area contributed by atoms with Gasteiger partial charge in [0.05, 0.1) is 6.10 Å². The number of aliphatic hydroxyl groups is 2. The largest absolute Gasteiger partial charge is 0.393 e. The average molecular weight is 189 g/mol. The standard InChI is InChI=1S/C9H19NO3/c1-6(11)5-8(10(3)4)9(13)7(2)12/h6,8-9,11,13H,5H2,1-4H3/t6-,8+,9+/m1/s1. The number of ketones is 1. The molecule has 0 spiro atoms. The first kappa shape index (κ1) is 12.6. The van der Waals surface area contributed by atoms with E-state index in [1.165, 1.54) is 6.92 Å². The minimum Gasteiger partial charge on any atom is -0.393 e. The van der Waals surface area contributed by atoms with Gasteiger partial charge in [-0.25, -0.2) is 0 Å². The zero-order valence-corrected chi connectivity index (χ0v) is 8.69. The van der Waals surface area contributed by atoms with Crippen LogP contribution in [0.2, 0.25) is 0 Å². The summed E-state index contributed by atoms with van der Waals surface area (Å²) in [5.41, 5.74) is 0. The molecule has 0 aliphatic rings. The topological polar surface area (TPSA) is 60.8 Å². The van der Waals surface area contributed by atoms with Crippen molar-refractivity contribution in [3.8, 4) is 0 Å². The zero-order chi connectivity index (χ0) is 10.6. The second-order valence-electron chi connectivity index (χ2n) is 3.67.